The van der Waals surface area contributed by atoms with E-state index in [0.29, 0.717) is 0 Å². The van der Waals surface area contributed by atoms with Crippen LogP contribution in [0.1, 0.15) is 0 Å². The second-order valence-electron chi connectivity index (χ2n) is 14.1. The van der Waals surface area contributed by atoms with Gasteiger partial charge in [-0.3, -0.25) is 0 Å². The van der Waals surface area contributed by atoms with Gasteiger partial charge in [0.05, 0.1) is 0 Å². The lowest BCUT2D eigenvalue weighted by Crippen LogP contribution is -1.94. The van der Waals surface area contributed by atoms with E-state index in [1.807, 2.05) is 0 Å². The summed E-state index contributed by atoms with van der Waals surface area (Å²) >= 11 is 0. The molecule has 0 heteroatoms. The molecule has 252 valence electrons. The molecule has 0 aromatic heterocycles. The Labute approximate surface area is 316 Å². The molecule has 0 saturated carbocycles. The summed E-state index contributed by atoms with van der Waals surface area (Å²) in [6.07, 6.45) is 0. The molecule has 0 radical (unpaired) electrons. The number of benzene rings is 10. The molecule has 0 atom stereocenters. The molecule has 0 spiro atoms. The van der Waals surface area contributed by atoms with Gasteiger partial charge in [0.1, 0.15) is 0 Å². The lowest BCUT2D eigenvalue weighted by Gasteiger charge is -2.21. The quantitative estimate of drug-likeness (QED) is 0.153. The topological polar surface area (TPSA) is 0 Å². The lowest BCUT2D eigenvalue weighted by atomic mass is 9.82. The van der Waals surface area contributed by atoms with E-state index in [1.165, 1.54) is 99.1 Å². The summed E-state index contributed by atoms with van der Waals surface area (Å²) in [5.41, 5.74) is 14.7. The first kappa shape index (κ1) is 31.7. The minimum atomic E-state index is 1.19. The third-order valence-corrected chi connectivity index (χ3v) is 10.8. The van der Waals surface area contributed by atoms with Crippen LogP contribution in [0.5, 0.6) is 0 Å². The molecule has 0 aliphatic rings. The van der Waals surface area contributed by atoms with Crippen molar-refractivity contribution in [2.75, 3.05) is 0 Å². The monoisotopic (exact) mass is 684 g/mol. The minimum Gasteiger partial charge on any atom is -0.0622 e. The molecule has 0 heterocycles. The first-order valence-corrected chi connectivity index (χ1v) is 18.7. The van der Waals surface area contributed by atoms with E-state index in [9.17, 15) is 0 Å². The van der Waals surface area contributed by atoms with E-state index in [-0.39, 0.29) is 0 Å². The highest BCUT2D eigenvalue weighted by Gasteiger charge is 2.20. The van der Waals surface area contributed by atoms with E-state index >= 15 is 0 Å². The van der Waals surface area contributed by atoms with Crippen LogP contribution in [0.3, 0.4) is 0 Å². The van der Waals surface area contributed by atoms with Crippen molar-refractivity contribution in [2.45, 2.75) is 0 Å². The Bertz CT molecular complexity index is 2910. The molecule has 0 bridgehead atoms. The fraction of sp³-hybridized carbons (Fsp3) is 0. The second-order valence-corrected chi connectivity index (χ2v) is 14.1. The SMILES string of the molecule is c1ccc(-c2cccc(-c3cccc(-c4ccc(-c5ccc6ccccc6c5)c(-c5c6ccccc6c(-c6ccccc6)c6ccccc56)c4)c3)c2)cc1. The van der Waals surface area contributed by atoms with Gasteiger partial charge in [0, 0.05) is 0 Å². The van der Waals surface area contributed by atoms with Gasteiger partial charge in [-0.2, -0.15) is 0 Å². The first-order chi connectivity index (χ1) is 26.8. The van der Waals surface area contributed by atoms with Crippen molar-refractivity contribution in [1.82, 2.24) is 0 Å². The van der Waals surface area contributed by atoms with Gasteiger partial charge in [0.2, 0.25) is 0 Å². The fourth-order valence-electron chi connectivity index (χ4n) is 8.26. The maximum absolute atomic E-state index is 2.43. The highest BCUT2D eigenvalue weighted by atomic mass is 14.2. The molecule has 10 aromatic rings. The summed E-state index contributed by atoms with van der Waals surface area (Å²) in [6, 6.07) is 79.8. The van der Waals surface area contributed by atoms with Crippen LogP contribution in [0.15, 0.2) is 218 Å². The molecule has 54 heavy (non-hydrogen) atoms. The van der Waals surface area contributed by atoms with Crippen molar-refractivity contribution in [3.05, 3.63) is 218 Å². The molecular weight excluding hydrogens is 649 g/mol. The van der Waals surface area contributed by atoms with Crippen LogP contribution in [0, 0.1) is 0 Å². The van der Waals surface area contributed by atoms with E-state index < -0.39 is 0 Å². The summed E-state index contributed by atoms with van der Waals surface area (Å²) in [5.74, 6) is 0. The Hall–Kier alpha value is -7.02. The maximum atomic E-state index is 2.43. The van der Waals surface area contributed by atoms with Gasteiger partial charge < -0.3 is 0 Å². The molecule has 0 aliphatic heterocycles. The van der Waals surface area contributed by atoms with Gasteiger partial charge in [0.15, 0.2) is 0 Å². The summed E-state index contributed by atoms with van der Waals surface area (Å²) in [6.45, 7) is 0. The molecule has 0 amide bonds. The van der Waals surface area contributed by atoms with Gasteiger partial charge in [-0.15, -0.1) is 0 Å². The van der Waals surface area contributed by atoms with Crippen molar-refractivity contribution < 1.29 is 0 Å². The largest absolute Gasteiger partial charge is 0.0622 e. The number of rotatable bonds is 6. The summed E-state index contributed by atoms with van der Waals surface area (Å²) in [5, 5.41) is 7.50. The van der Waals surface area contributed by atoms with Crippen LogP contribution in [0.4, 0.5) is 0 Å². The van der Waals surface area contributed by atoms with Crippen molar-refractivity contribution in [2.24, 2.45) is 0 Å². The highest BCUT2D eigenvalue weighted by molar-refractivity contribution is 6.22. The Kier molecular flexibility index (Phi) is 7.93. The predicted molar refractivity (Wildman–Crippen MR) is 232 cm³/mol. The minimum absolute atomic E-state index is 1.19. The average Bonchev–Trinajstić information content (AvgIpc) is 3.26. The Morgan fingerprint density at radius 1 is 0.185 bits per heavy atom. The van der Waals surface area contributed by atoms with E-state index in [0.717, 1.165) is 0 Å². The molecule has 0 fully saturated rings. The second kappa shape index (κ2) is 13.5. The predicted octanol–water partition coefficient (Wildman–Crippen LogP) is 15.1. The van der Waals surface area contributed by atoms with Crippen LogP contribution in [0.2, 0.25) is 0 Å². The molecule has 10 aromatic carbocycles. The van der Waals surface area contributed by atoms with E-state index in [4.69, 9.17) is 0 Å². The van der Waals surface area contributed by atoms with Crippen molar-refractivity contribution in [1.29, 1.82) is 0 Å². The van der Waals surface area contributed by atoms with Gasteiger partial charge in [-0.1, -0.05) is 194 Å². The fourth-order valence-corrected chi connectivity index (χ4v) is 8.26. The summed E-state index contributed by atoms with van der Waals surface area (Å²) in [4.78, 5) is 0. The number of hydrogen-bond donors (Lipinski definition) is 0. The van der Waals surface area contributed by atoms with Gasteiger partial charge in [0.25, 0.3) is 0 Å². The molecule has 0 N–H and O–H groups in total. The van der Waals surface area contributed by atoms with Crippen LogP contribution in [0.25, 0.3) is 99.1 Å². The third kappa shape index (κ3) is 5.66. The van der Waals surface area contributed by atoms with Crippen LogP contribution < -0.4 is 0 Å². The van der Waals surface area contributed by atoms with Crippen LogP contribution in [-0.4, -0.2) is 0 Å². The van der Waals surface area contributed by atoms with Crippen LogP contribution in [-0.2, 0) is 0 Å². The maximum Gasteiger partial charge on any atom is -0.00199 e. The molecular formula is C54H36. The average molecular weight is 685 g/mol. The molecule has 0 nitrogen and oxygen atoms in total. The molecule has 0 unspecified atom stereocenters. The normalized spacial score (nSPS) is 11.3. The van der Waals surface area contributed by atoms with Gasteiger partial charge >= 0.3 is 0 Å². The zero-order chi connectivity index (χ0) is 35.8. The third-order valence-electron chi connectivity index (χ3n) is 10.8. The molecule has 10 rings (SSSR count). The number of hydrogen-bond acceptors (Lipinski definition) is 0. The highest BCUT2D eigenvalue weighted by Crippen LogP contribution is 2.47. The Morgan fingerprint density at radius 2 is 0.611 bits per heavy atom. The van der Waals surface area contributed by atoms with Crippen molar-refractivity contribution in [3.8, 4) is 66.8 Å². The van der Waals surface area contributed by atoms with Crippen LogP contribution >= 0.6 is 0 Å². The zero-order valence-electron chi connectivity index (χ0n) is 29.8. The zero-order valence-corrected chi connectivity index (χ0v) is 29.8. The van der Waals surface area contributed by atoms with E-state index in [2.05, 4.69) is 218 Å². The summed E-state index contributed by atoms with van der Waals surface area (Å²) < 4.78 is 0. The standard InChI is InChI=1S/C54H36/c1-3-15-37(16-4-1)41-21-13-22-42(33-41)43-23-14-24-44(34-43)45-31-32-47(46-30-29-38-17-7-8-20-40(38)35-46)52(36-45)54-50-27-11-9-25-48(50)53(39-18-5-2-6-19-39)49-26-10-12-28-51(49)54/h1-36H. The van der Waals surface area contributed by atoms with E-state index in [1.54, 1.807) is 0 Å². The first-order valence-electron chi connectivity index (χ1n) is 18.7. The lowest BCUT2D eigenvalue weighted by molar-refractivity contribution is 1.56. The van der Waals surface area contributed by atoms with Gasteiger partial charge in [-0.25, -0.2) is 0 Å². The summed E-state index contributed by atoms with van der Waals surface area (Å²) in [7, 11) is 0. The molecule has 0 aliphatic carbocycles. The smallest absolute Gasteiger partial charge is 0.00199 e. The Morgan fingerprint density at radius 3 is 1.20 bits per heavy atom. The van der Waals surface area contributed by atoms with Crippen molar-refractivity contribution >= 4 is 32.3 Å². The van der Waals surface area contributed by atoms with Gasteiger partial charge in [-0.05, 0) is 123 Å². The van der Waals surface area contributed by atoms with Crippen molar-refractivity contribution in [3.63, 3.8) is 0 Å². The molecule has 0 saturated heterocycles. The Balaban J connectivity index is 1.21. The number of fused-ring (bicyclic) bond motifs is 3.